The molecular weight excluding hydrogens is 307 g/mol. The quantitative estimate of drug-likeness (QED) is 0.549. The molecule has 0 atom stereocenters. The lowest BCUT2D eigenvalue weighted by atomic mass is 9.89. The Morgan fingerprint density at radius 3 is 1.48 bits per heavy atom. The first kappa shape index (κ1) is 20.4. The van der Waals surface area contributed by atoms with Crippen molar-refractivity contribution in [1.82, 2.24) is 0 Å². The Kier molecular flexibility index (Phi) is 7.51. The molecule has 0 aliphatic heterocycles. The molecule has 0 radical (unpaired) electrons. The molecule has 23 heavy (non-hydrogen) atoms. The van der Waals surface area contributed by atoms with Gasteiger partial charge in [-0.1, -0.05) is 53.7 Å². The van der Waals surface area contributed by atoms with Crippen LogP contribution in [-0.4, -0.2) is 13.2 Å². The Balaban J connectivity index is 3.75. The molecule has 0 N–H and O–H groups in total. The summed E-state index contributed by atoms with van der Waals surface area (Å²) in [5.74, 6) is 0.948. The predicted octanol–water partition coefficient (Wildman–Crippen LogP) is 5.95. The minimum absolute atomic E-state index is 0.260. The maximum Gasteiger partial charge on any atom is 0.361 e. The SMILES string of the molecule is CCOP(=O)(OCC)c1c(C(C)C)cc(C(C)C)cc1C(C)C. The predicted molar refractivity (Wildman–Crippen MR) is 99.2 cm³/mol. The molecule has 0 unspecified atom stereocenters. The van der Waals surface area contributed by atoms with Crippen LogP contribution in [0, 0.1) is 0 Å². The summed E-state index contributed by atoms with van der Waals surface area (Å²) in [6.07, 6.45) is 0. The Bertz CT molecular complexity index is 523. The second-order valence-corrected chi connectivity index (χ2v) is 8.80. The summed E-state index contributed by atoms with van der Waals surface area (Å²) in [6.45, 7) is 17.4. The van der Waals surface area contributed by atoms with Crippen LogP contribution >= 0.6 is 7.60 Å². The van der Waals surface area contributed by atoms with Gasteiger partial charge in [-0.2, -0.15) is 0 Å². The van der Waals surface area contributed by atoms with Crippen molar-refractivity contribution in [2.45, 2.75) is 73.1 Å². The summed E-state index contributed by atoms with van der Waals surface area (Å²) >= 11 is 0. The molecule has 3 nitrogen and oxygen atoms in total. The van der Waals surface area contributed by atoms with Crippen LogP contribution in [0.2, 0.25) is 0 Å². The van der Waals surface area contributed by atoms with Gasteiger partial charge in [0, 0.05) is 0 Å². The summed E-state index contributed by atoms with van der Waals surface area (Å²) in [4.78, 5) is 0. The highest BCUT2D eigenvalue weighted by molar-refractivity contribution is 7.62. The maximum absolute atomic E-state index is 13.5. The molecule has 1 rings (SSSR count). The Morgan fingerprint density at radius 1 is 0.826 bits per heavy atom. The van der Waals surface area contributed by atoms with E-state index >= 15 is 0 Å². The number of benzene rings is 1. The lowest BCUT2D eigenvalue weighted by Crippen LogP contribution is -2.23. The van der Waals surface area contributed by atoms with Crippen LogP contribution < -0.4 is 5.30 Å². The Morgan fingerprint density at radius 2 is 1.22 bits per heavy atom. The molecule has 0 amide bonds. The molecule has 1 aromatic rings. The molecule has 0 aliphatic rings. The minimum Gasteiger partial charge on any atom is -0.305 e. The summed E-state index contributed by atoms with van der Waals surface area (Å²) in [5, 5.41) is 0.788. The second-order valence-electron chi connectivity index (χ2n) is 6.85. The van der Waals surface area contributed by atoms with Crippen molar-refractivity contribution in [1.29, 1.82) is 0 Å². The normalized spacial score (nSPS) is 12.7. The third-order valence-electron chi connectivity index (χ3n) is 3.97. The zero-order chi connectivity index (χ0) is 17.8. The molecule has 0 spiro atoms. The first-order valence-electron chi connectivity index (χ1n) is 8.75. The number of hydrogen-bond donors (Lipinski definition) is 0. The van der Waals surface area contributed by atoms with Crippen molar-refractivity contribution in [2.24, 2.45) is 0 Å². The van der Waals surface area contributed by atoms with E-state index in [1.807, 2.05) is 13.8 Å². The smallest absolute Gasteiger partial charge is 0.305 e. The molecule has 1 aromatic carbocycles. The molecule has 0 aliphatic carbocycles. The molecule has 132 valence electrons. The van der Waals surface area contributed by atoms with Gasteiger partial charge >= 0.3 is 7.60 Å². The zero-order valence-corrected chi connectivity index (χ0v) is 16.9. The topological polar surface area (TPSA) is 35.5 Å². The van der Waals surface area contributed by atoms with Crippen LogP contribution in [0.5, 0.6) is 0 Å². The summed E-state index contributed by atoms with van der Waals surface area (Å²) in [7, 11) is -3.30. The van der Waals surface area contributed by atoms with Gasteiger partial charge in [-0.25, -0.2) is 0 Å². The minimum atomic E-state index is -3.30. The monoisotopic (exact) mass is 340 g/mol. The summed E-state index contributed by atoms with van der Waals surface area (Å²) in [6, 6.07) is 4.36. The van der Waals surface area contributed by atoms with E-state index in [4.69, 9.17) is 9.05 Å². The van der Waals surface area contributed by atoms with E-state index in [2.05, 4.69) is 53.7 Å². The lowest BCUT2D eigenvalue weighted by molar-refractivity contribution is 0.229. The first-order valence-corrected chi connectivity index (χ1v) is 10.3. The van der Waals surface area contributed by atoms with Crippen LogP contribution in [0.4, 0.5) is 0 Å². The van der Waals surface area contributed by atoms with Crippen molar-refractivity contribution in [3.05, 3.63) is 28.8 Å². The van der Waals surface area contributed by atoms with E-state index < -0.39 is 7.60 Å². The van der Waals surface area contributed by atoms with Crippen LogP contribution in [-0.2, 0) is 13.6 Å². The van der Waals surface area contributed by atoms with Crippen molar-refractivity contribution >= 4 is 12.9 Å². The van der Waals surface area contributed by atoms with E-state index in [1.165, 1.54) is 5.56 Å². The molecule has 0 saturated carbocycles. The number of hydrogen-bond acceptors (Lipinski definition) is 3. The maximum atomic E-state index is 13.5. The van der Waals surface area contributed by atoms with Crippen LogP contribution in [0.3, 0.4) is 0 Å². The molecule has 4 heteroatoms. The van der Waals surface area contributed by atoms with Crippen molar-refractivity contribution in [3.63, 3.8) is 0 Å². The van der Waals surface area contributed by atoms with Crippen LogP contribution in [0.25, 0.3) is 0 Å². The highest BCUT2D eigenvalue weighted by Gasteiger charge is 2.34. The van der Waals surface area contributed by atoms with Gasteiger partial charge in [0.05, 0.1) is 18.5 Å². The van der Waals surface area contributed by atoms with Crippen molar-refractivity contribution in [3.8, 4) is 0 Å². The molecule has 0 saturated heterocycles. The molecule has 0 fully saturated rings. The van der Waals surface area contributed by atoms with Crippen LogP contribution in [0.1, 0.15) is 89.8 Å². The first-order chi connectivity index (χ1) is 10.7. The molecular formula is C19H33O3P. The van der Waals surface area contributed by atoms with Crippen molar-refractivity contribution < 1.29 is 13.6 Å². The van der Waals surface area contributed by atoms with Gasteiger partial charge in [0.25, 0.3) is 0 Å². The van der Waals surface area contributed by atoms with Gasteiger partial charge in [-0.3, -0.25) is 4.57 Å². The molecule has 0 bridgehead atoms. The third-order valence-corrected chi connectivity index (χ3v) is 6.23. The fourth-order valence-electron chi connectivity index (χ4n) is 2.74. The van der Waals surface area contributed by atoms with Gasteiger partial charge in [0.1, 0.15) is 0 Å². The molecule has 0 heterocycles. The van der Waals surface area contributed by atoms with Gasteiger partial charge in [-0.05, 0) is 48.3 Å². The highest BCUT2D eigenvalue weighted by Crippen LogP contribution is 2.51. The summed E-state index contributed by atoms with van der Waals surface area (Å²) < 4.78 is 24.8. The van der Waals surface area contributed by atoms with Gasteiger partial charge in [0.2, 0.25) is 0 Å². The summed E-state index contributed by atoms with van der Waals surface area (Å²) in [5.41, 5.74) is 3.45. The Hall–Kier alpha value is -0.630. The van der Waals surface area contributed by atoms with Gasteiger partial charge < -0.3 is 9.05 Å². The average Bonchev–Trinajstić information content (AvgIpc) is 2.46. The average molecular weight is 340 g/mol. The Labute approximate surface area is 142 Å². The van der Waals surface area contributed by atoms with E-state index in [9.17, 15) is 4.57 Å². The van der Waals surface area contributed by atoms with Crippen LogP contribution in [0.15, 0.2) is 12.1 Å². The van der Waals surface area contributed by atoms with E-state index in [1.54, 1.807) is 0 Å². The fraction of sp³-hybridized carbons (Fsp3) is 0.684. The molecule has 0 aromatic heterocycles. The van der Waals surface area contributed by atoms with E-state index in [0.717, 1.165) is 16.4 Å². The zero-order valence-electron chi connectivity index (χ0n) is 16.0. The van der Waals surface area contributed by atoms with E-state index in [0.29, 0.717) is 19.1 Å². The standard InChI is InChI=1S/C19H33O3P/c1-9-21-23(20,22-10-2)19-17(14(5)6)11-16(13(3)4)12-18(19)15(7)8/h11-15H,9-10H2,1-8H3. The lowest BCUT2D eigenvalue weighted by Gasteiger charge is -2.27. The number of rotatable bonds is 8. The third kappa shape index (κ3) is 4.68. The van der Waals surface area contributed by atoms with Crippen molar-refractivity contribution in [2.75, 3.05) is 13.2 Å². The largest absolute Gasteiger partial charge is 0.361 e. The second kappa shape index (κ2) is 8.46. The van der Waals surface area contributed by atoms with Gasteiger partial charge in [0.15, 0.2) is 0 Å². The highest BCUT2D eigenvalue weighted by atomic mass is 31.2. The van der Waals surface area contributed by atoms with Gasteiger partial charge in [-0.15, -0.1) is 0 Å². The van der Waals surface area contributed by atoms with E-state index in [-0.39, 0.29) is 11.8 Å². The fourth-order valence-corrected chi connectivity index (χ4v) is 5.03.